The first-order valence-corrected chi connectivity index (χ1v) is 7.53. The third-order valence-corrected chi connectivity index (χ3v) is 4.51. The number of hydrogen-bond donors (Lipinski definition) is 1. The Kier molecular flexibility index (Phi) is 5.71. The van der Waals surface area contributed by atoms with Gasteiger partial charge in [-0.15, -0.1) is 11.3 Å². The average molecular weight is 308 g/mol. The molecule has 0 aliphatic heterocycles. The normalized spacial score (nSPS) is 12.5. The van der Waals surface area contributed by atoms with Gasteiger partial charge in [0.05, 0.1) is 8.66 Å². The minimum absolute atomic E-state index is 0.0231. The minimum Gasteiger partial charge on any atom is -0.348 e. The van der Waals surface area contributed by atoms with Crippen molar-refractivity contribution in [3.05, 3.63) is 20.8 Å². The third-order valence-electron chi connectivity index (χ3n) is 1.75. The summed E-state index contributed by atoms with van der Waals surface area (Å²) in [6.07, 6.45) is 0. The number of amides is 1. The van der Waals surface area contributed by atoms with Crippen molar-refractivity contribution in [1.29, 1.82) is 0 Å². The van der Waals surface area contributed by atoms with Gasteiger partial charge in [-0.2, -0.15) is 11.8 Å². The van der Waals surface area contributed by atoms with E-state index in [1.807, 2.05) is 30.8 Å². The van der Waals surface area contributed by atoms with Crippen molar-refractivity contribution in [3.8, 4) is 0 Å². The van der Waals surface area contributed by atoms with Crippen molar-refractivity contribution in [2.45, 2.75) is 19.9 Å². The molecule has 0 saturated heterocycles. The molecular weight excluding hydrogens is 294 g/mol. The van der Waals surface area contributed by atoms with Gasteiger partial charge < -0.3 is 5.32 Å². The Morgan fingerprint density at radius 3 is 2.93 bits per heavy atom. The van der Waals surface area contributed by atoms with E-state index < -0.39 is 0 Å². The monoisotopic (exact) mass is 307 g/mol. The molecule has 15 heavy (non-hydrogen) atoms. The quantitative estimate of drug-likeness (QED) is 0.903. The van der Waals surface area contributed by atoms with Crippen molar-refractivity contribution in [2.75, 3.05) is 11.5 Å². The van der Waals surface area contributed by atoms with E-state index in [4.69, 9.17) is 0 Å². The van der Waals surface area contributed by atoms with Crippen LogP contribution in [0.1, 0.15) is 23.5 Å². The van der Waals surface area contributed by atoms with Gasteiger partial charge in [0.25, 0.3) is 5.91 Å². The summed E-state index contributed by atoms with van der Waals surface area (Å²) in [6.45, 7) is 4.15. The van der Waals surface area contributed by atoms with Gasteiger partial charge in [0, 0.05) is 11.8 Å². The van der Waals surface area contributed by atoms with Gasteiger partial charge in [-0.1, -0.05) is 6.92 Å². The molecule has 1 heterocycles. The van der Waals surface area contributed by atoms with E-state index in [0.29, 0.717) is 0 Å². The van der Waals surface area contributed by atoms with Crippen LogP contribution in [-0.2, 0) is 0 Å². The summed E-state index contributed by atoms with van der Waals surface area (Å²) in [7, 11) is 0. The molecule has 84 valence electrons. The van der Waals surface area contributed by atoms with Gasteiger partial charge in [-0.25, -0.2) is 0 Å². The van der Waals surface area contributed by atoms with Crippen LogP contribution < -0.4 is 5.32 Å². The molecule has 0 aliphatic rings. The molecule has 1 amide bonds. The van der Waals surface area contributed by atoms with Gasteiger partial charge in [-0.3, -0.25) is 4.79 Å². The van der Waals surface area contributed by atoms with E-state index in [2.05, 4.69) is 28.2 Å². The maximum Gasteiger partial charge on any atom is 0.261 e. The van der Waals surface area contributed by atoms with Crippen molar-refractivity contribution < 1.29 is 4.79 Å². The number of carbonyl (C=O) groups is 1. The Morgan fingerprint density at radius 1 is 1.67 bits per heavy atom. The molecule has 0 saturated carbocycles. The Labute approximate surface area is 107 Å². The number of halogens is 1. The van der Waals surface area contributed by atoms with Crippen molar-refractivity contribution in [2.24, 2.45) is 0 Å². The first kappa shape index (κ1) is 13.1. The molecular formula is C10H14BrNOS2. The summed E-state index contributed by atoms with van der Waals surface area (Å²) < 4.78 is 0.989. The maximum absolute atomic E-state index is 11.7. The third kappa shape index (κ3) is 4.57. The summed E-state index contributed by atoms with van der Waals surface area (Å²) >= 11 is 6.64. The van der Waals surface area contributed by atoms with E-state index in [-0.39, 0.29) is 11.9 Å². The molecule has 0 spiro atoms. The number of hydrogen-bond acceptors (Lipinski definition) is 3. The van der Waals surface area contributed by atoms with Crippen LogP contribution in [0.3, 0.4) is 0 Å². The largest absolute Gasteiger partial charge is 0.348 e. The SMILES string of the molecule is CCSCC(C)NC(=O)c1ccc(Br)s1. The molecule has 2 nitrogen and oxygen atoms in total. The lowest BCUT2D eigenvalue weighted by atomic mass is 10.3. The van der Waals surface area contributed by atoms with Crippen LogP contribution in [0.15, 0.2) is 15.9 Å². The Morgan fingerprint density at radius 2 is 2.40 bits per heavy atom. The molecule has 0 aliphatic carbocycles. The average Bonchev–Trinajstić information content (AvgIpc) is 2.61. The van der Waals surface area contributed by atoms with E-state index in [1.165, 1.54) is 11.3 Å². The fourth-order valence-corrected chi connectivity index (χ4v) is 3.03. The summed E-state index contributed by atoms with van der Waals surface area (Å²) in [5.41, 5.74) is 0. The standard InChI is InChI=1S/C10H14BrNOS2/c1-3-14-6-7(2)12-10(13)8-4-5-9(11)15-8/h4-5,7H,3,6H2,1-2H3,(H,12,13). The lowest BCUT2D eigenvalue weighted by Crippen LogP contribution is -2.33. The van der Waals surface area contributed by atoms with Crippen LogP contribution in [0.2, 0.25) is 0 Å². The van der Waals surface area contributed by atoms with E-state index in [9.17, 15) is 4.79 Å². The summed E-state index contributed by atoms with van der Waals surface area (Å²) in [5, 5.41) is 2.97. The van der Waals surface area contributed by atoms with Gasteiger partial charge in [-0.05, 0) is 40.7 Å². The smallest absolute Gasteiger partial charge is 0.261 e. The van der Waals surface area contributed by atoms with Crippen LogP contribution in [0.25, 0.3) is 0 Å². The van der Waals surface area contributed by atoms with Crippen molar-refractivity contribution in [3.63, 3.8) is 0 Å². The first-order chi connectivity index (χ1) is 7.13. The lowest BCUT2D eigenvalue weighted by molar-refractivity contribution is 0.0948. The number of nitrogens with one attached hydrogen (secondary N) is 1. The fraction of sp³-hybridized carbons (Fsp3) is 0.500. The predicted molar refractivity (Wildman–Crippen MR) is 71.9 cm³/mol. The van der Waals surface area contributed by atoms with Crippen LogP contribution in [0, 0.1) is 0 Å². The summed E-state index contributed by atoms with van der Waals surface area (Å²) in [5.74, 6) is 2.08. The van der Waals surface area contributed by atoms with Crippen LogP contribution in [-0.4, -0.2) is 23.5 Å². The molecule has 1 rings (SSSR count). The van der Waals surface area contributed by atoms with Gasteiger partial charge in [0.1, 0.15) is 0 Å². The molecule has 5 heteroatoms. The second-order valence-corrected chi connectivity index (χ2v) is 6.92. The van der Waals surface area contributed by atoms with Gasteiger partial charge >= 0.3 is 0 Å². The molecule has 1 atom stereocenters. The van der Waals surface area contributed by atoms with E-state index in [1.54, 1.807) is 0 Å². The zero-order valence-electron chi connectivity index (χ0n) is 8.75. The maximum atomic E-state index is 11.7. The van der Waals surface area contributed by atoms with Gasteiger partial charge in [0.15, 0.2) is 0 Å². The molecule has 0 fully saturated rings. The molecule has 1 aromatic rings. The molecule has 1 N–H and O–H groups in total. The van der Waals surface area contributed by atoms with Crippen molar-refractivity contribution in [1.82, 2.24) is 5.32 Å². The highest BCUT2D eigenvalue weighted by Gasteiger charge is 2.11. The molecule has 1 aromatic heterocycles. The zero-order chi connectivity index (χ0) is 11.3. The minimum atomic E-state index is 0.0231. The number of thiophene rings is 1. The Balaban J connectivity index is 2.42. The molecule has 0 bridgehead atoms. The fourth-order valence-electron chi connectivity index (χ4n) is 1.07. The van der Waals surface area contributed by atoms with E-state index in [0.717, 1.165) is 20.2 Å². The van der Waals surface area contributed by atoms with Crippen LogP contribution in [0.4, 0.5) is 0 Å². The number of rotatable bonds is 5. The Hall–Kier alpha value is -0.0000000000000000833. The highest BCUT2D eigenvalue weighted by atomic mass is 79.9. The lowest BCUT2D eigenvalue weighted by Gasteiger charge is -2.11. The number of thioether (sulfide) groups is 1. The second-order valence-electron chi connectivity index (χ2n) is 3.14. The molecule has 0 radical (unpaired) electrons. The highest BCUT2D eigenvalue weighted by Crippen LogP contribution is 2.21. The zero-order valence-corrected chi connectivity index (χ0v) is 12.0. The predicted octanol–water partition coefficient (Wildman–Crippen LogP) is 3.38. The van der Waals surface area contributed by atoms with E-state index >= 15 is 0 Å². The number of carbonyl (C=O) groups excluding carboxylic acids is 1. The Bertz CT molecular complexity index is 327. The van der Waals surface area contributed by atoms with Gasteiger partial charge in [0.2, 0.25) is 0 Å². The first-order valence-electron chi connectivity index (χ1n) is 4.77. The summed E-state index contributed by atoms with van der Waals surface area (Å²) in [4.78, 5) is 12.5. The van der Waals surface area contributed by atoms with Crippen LogP contribution in [0.5, 0.6) is 0 Å². The van der Waals surface area contributed by atoms with Crippen molar-refractivity contribution >= 4 is 44.9 Å². The summed E-state index contributed by atoms with van der Waals surface area (Å²) in [6, 6.07) is 3.96. The highest BCUT2D eigenvalue weighted by molar-refractivity contribution is 9.11. The molecule has 0 aromatic carbocycles. The van der Waals surface area contributed by atoms with Crippen LogP contribution >= 0.6 is 39.0 Å². The molecule has 1 unspecified atom stereocenters. The second kappa shape index (κ2) is 6.55. The topological polar surface area (TPSA) is 29.1 Å².